The van der Waals surface area contributed by atoms with Gasteiger partial charge in [-0.2, -0.15) is 0 Å². The molecule has 0 saturated carbocycles. The smallest absolute Gasteiger partial charge is 0 e. The van der Waals surface area contributed by atoms with E-state index in [4.69, 9.17) is 0 Å². The number of hydrogen-bond donors (Lipinski definition) is 0. The monoisotopic (exact) mass is 906 g/mol. The van der Waals surface area contributed by atoms with Gasteiger partial charge in [0.2, 0.25) is 0 Å². The molecule has 1 radical (unpaired) electrons. The second-order valence-corrected chi connectivity index (χ2v) is 18.2. The third-order valence-electron chi connectivity index (χ3n) is 8.08. The summed E-state index contributed by atoms with van der Waals surface area (Å²) in [6, 6.07) is 76.6. The number of halogens is 1. The van der Waals surface area contributed by atoms with Gasteiger partial charge in [-0.05, 0) is 79.6 Å². The molecular formula is C45H41AuClP3-. The second-order valence-electron chi connectivity index (χ2n) is 11.3. The van der Waals surface area contributed by atoms with Crippen molar-refractivity contribution in [3.05, 3.63) is 212 Å². The summed E-state index contributed by atoms with van der Waals surface area (Å²) >= 11 is 0. The normalized spacial score (nSPS) is 10.5. The van der Waals surface area contributed by atoms with E-state index in [9.17, 15) is 0 Å². The molecule has 0 aliphatic heterocycles. The van der Waals surface area contributed by atoms with Crippen LogP contribution in [0.5, 0.6) is 0 Å². The Kier molecular flexibility index (Phi) is 17.4. The Morgan fingerprint density at radius 1 is 0.260 bits per heavy atom. The van der Waals surface area contributed by atoms with E-state index in [2.05, 4.69) is 212 Å². The minimum Gasteiger partial charge on any atom is -1.00 e. The first kappa shape index (κ1) is 39.6. The van der Waals surface area contributed by atoms with E-state index in [1.54, 1.807) is 0 Å². The van der Waals surface area contributed by atoms with Crippen molar-refractivity contribution < 1.29 is 34.8 Å². The zero-order chi connectivity index (χ0) is 32.6. The van der Waals surface area contributed by atoms with E-state index in [1.165, 1.54) is 55.9 Å². The molecule has 7 rings (SSSR count). The molecule has 5 heteroatoms. The maximum absolute atomic E-state index is 2.30. The summed E-state index contributed by atoms with van der Waals surface area (Å²) in [5, 5.41) is 10.1. The summed E-state index contributed by atoms with van der Waals surface area (Å²) in [4.78, 5) is 0. The van der Waals surface area contributed by atoms with Crippen LogP contribution >= 0.6 is 23.8 Å². The standard InChI is InChI=1S/C27H26P2.C18H15P.Au.ClH/c1-5-14-24(15-6-1)28(25-16-7-2-8-17-25)22-13-23-29(26-18-9-3-10-19-26)27-20-11-4-12-21-27;1-4-10-16(11-5-1)19(17-12-6-2-7-13-17)18-14-8-3-9-15-18;;/h1-12,14-21H,13,22-23H2;1-15H;;1H/p-1. The predicted molar refractivity (Wildman–Crippen MR) is 218 cm³/mol. The SMILES string of the molecule is [Au].[Cl-].c1ccc(P(CCCP(c2ccccc2)c2ccccc2)c2ccccc2)cc1.c1ccc(P(c2ccccc2)c2ccccc2)cc1. The van der Waals surface area contributed by atoms with E-state index in [0.717, 1.165) is 0 Å². The zero-order valence-electron chi connectivity index (χ0n) is 27.8. The van der Waals surface area contributed by atoms with Crippen molar-refractivity contribution in [3.8, 4) is 0 Å². The first-order valence-electron chi connectivity index (χ1n) is 16.6. The van der Waals surface area contributed by atoms with Crippen molar-refractivity contribution in [1.29, 1.82) is 0 Å². The molecular weight excluding hydrogens is 866 g/mol. The molecule has 0 aromatic heterocycles. The van der Waals surface area contributed by atoms with Crippen LogP contribution in [-0.4, -0.2) is 12.3 Å². The van der Waals surface area contributed by atoms with Crippen LogP contribution in [0.3, 0.4) is 0 Å². The molecule has 0 nitrogen and oxygen atoms in total. The number of rotatable bonds is 11. The molecule has 0 aliphatic rings. The fourth-order valence-corrected chi connectivity index (χ4v) is 13.1. The molecule has 0 aliphatic carbocycles. The first-order chi connectivity index (χ1) is 23.9. The van der Waals surface area contributed by atoms with Gasteiger partial charge in [-0.25, -0.2) is 0 Å². The summed E-state index contributed by atoms with van der Waals surface area (Å²) in [5.41, 5.74) is 0. The summed E-state index contributed by atoms with van der Waals surface area (Å²) in [6.45, 7) is 0. The summed E-state index contributed by atoms with van der Waals surface area (Å²) in [5.74, 6) is 0. The van der Waals surface area contributed by atoms with Gasteiger partial charge in [0.25, 0.3) is 0 Å². The fraction of sp³-hybridized carbons (Fsp3) is 0.0667. The molecule has 0 saturated heterocycles. The van der Waals surface area contributed by atoms with Gasteiger partial charge in [0.15, 0.2) is 0 Å². The van der Waals surface area contributed by atoms with Crippen molar-refractivity contribution in [2.45, 2.75) is 6.42 Å². The molecule has 0 fully saturated rings. The van der Waals surface area contributed by atoms with Crippen molar-refractivity contribution in [1.82, 2.24) is 0 Å². The average molecular weight is 907 g/mol. The van der Waals surface area contributed by atoms with Gasteiger partial charge in [0.1, 0.15) is 0 Å². The molecule has 7 aromatic carbocycles. The van der Waals surface area contributed by atoms with Crippen LogP contribution in [0.25, 0.3) is 0 Å². The topological polar surface area (TPSA) is 0 Å². The van der Waals surface area contributed by atoms with E-state index < -0.39 is 7.92 Å². The first-order valence-corrected chi connectivity index (χ1v) is 21.0. The number of benzene rings is 7. The van der Waals surface area contributed by atoms with Gasteiger partial charge in [-0.15, -0.1) is 0 Å². The zero-order valence-corrected chi connectivity index (χ0v) is 33.5. The van der Waals surface area contributed by atoms with Gasteiger partial charge >= 0.3 is 0 Å². The quantitative estimate of drug-likeness (QED) is 0.109. The van der Waals surface area contributed by atoms with Crippen molar-refractivity contribution in [2.75, 3.05) is 12.3 Å². The van der Waals surface area contributed by atoms with E-state index >= 15 is 0 Å². The fourth-order valence-electron chi connectivity index (χ4n) is 5.81. The van der Waals surface area contributed by atoms with Crippen LogP contribution in [0.2, 0.25) is 0 Å². The minimum absolute atomic E-state index is 0. The molecule has 0 amide bonds. The Bertz CT molecular complexity index is 1630. The van der Waals surface area contributed by atoms with E-state index in [-0.39, 0.29) is 50.6 Å². The van der Waals surface area contributed by atoms with Gasteiger partial charge in [0, 0.05) is 22.4 Å². The molecule has 0 bridgehead atoms. The molecule has 255 valence electrons. The Morgan fingerprint density at radius 2 is 0.440 bits per heavy atom. The largest absolute Gasteiger partial charge is 1.00 e. The Hall–Kier alpha value is -3.14. The molecule has 7 aromatic rings. The third-order valence-corrected chi connectivity index (χ3v) is 15.7. The van der Waals surface area contributed by atoms with Crippen LogP contribution in [0, 0.1) is 0 Å². The molecule has 0 heterocycles. The minimum atomic E-state index is -0.446. The van der Waals surface area contributed by atoms with Gasteiger partial charge in [-0.3, -0.25) is 0 Å². The summed E-state index contributed by atoms with van der Waals surface area (Å²) < 4.78 is 0. The van der Waals surface area contributed by atoms with Crippen LogP contribution in [0.15, 0.2) is 212 Å². The molecule has 0 spiro atoms. The molecule has 0 atom stereocenters. The van der Waals surface area contributed by atoms with Crippen LogP contribution in [0.4, 0.5) is 0 Å². The Morgan fingerprint density at radius 3 is 0.640 bits per heavy atom. The predicted octanol–water partition coefficient (Wildman–Crippen LogP) is 6.09. The summed E-state index contributed by atoms with van der Waals surface area (Å²) in [7, 11) is -1.06. The maximum Gasteiger partial charge on any atom is 0 e. The Balaban J connectivity index is 0.000000233. The average Bonchev–Trinajstić information content (AvgIpc) is 3.18. The van der Waals surface area contributed by atoms with Crippen molar-refractivity contribution in [3.63, 3.8) is 0 Å². The molecule has 0 N–H and O–H groups in total. The maximum atomic E-state index is 2.30. The van der Waals surface area contributed by atoms with Gasteiger partial charge < -0.3 is 12.4 Å². The van der Waals surface area contributed by atoms with E-state index in [1.807, 2.05) is 0 Å². The van der Waals surface area contributed by atoms with Crippen LogP contribution in [-0.2, 0) is 22.4 Å². The van der Waals surface area contributed by atoms with Crippen molar-refractivity contribution in [2.24, 2.45) is 0 Å². The summed E-state index contributed by atoms with van der Waals surface area (Å²) in [6.07, 6.45) is 3.72. The van der Waals surface area contributed by atoms with Gasteiger partial charge in [-0.1, -0.05) is 212 Å². The molecule has 50 heavy (non-hydrogen) atoms. The second kappa shape index (κ2) is 21.9. The van der Waals surface area contributed by atoms with Crippen molar-refractivity contribution >= 4 is 60.9 Å². The number of hydrogen-bond acceptors (Lipinski definition) is 0. The van der Waals surface area contributed by atoms with Crippen LogP contribution in [0.1, 0.15) is 6.42 Å². The van der Waals surface area contributed by atoms with E-state index in [0.29, 0.717) is 0 Å². The van der Waals surface area contributed by atoms with Crippen LogP contribution < -0.4 is 49.5 Å². The molecule has 0 unspecified atom stereocenters. The Labute approximate surface area is 324 Å². The third kappa shape index (κ3) is 11.4. The van der Waals surface area contributed by atoms with Gasteiger partial charge in [0.05, 0.1) is 0 Å².